The number of nitrogens with zero attached hydrogens (tertiary/aromatic N) is 4. The van der Waals surface area contributed by atoms with Crippen molar-refractivity contribution in [2.24, 2.45) is 0 Å². The summed E-state index contributed by atoms with van der Waals surface area (Å²) >= 11 is 0. The van der Waals surface area contributed by atoms with E-state index in [0.717, 1.165) is 45.4 Å². The standard InChI is InChI=1S/C44H30N4/c1-4-16-31(17-5-1)46(32-18-6-2-7-19-32)34-28-29-39-42(30-34)47(33-20-8-3-9-21-33)43-45-40-26-14-15-27-41(40)48(43)44(39)37-24-12-10-22-35(37)36-23-11-13-25-38(36)44/h1-30H. The summed E-state index contributed by atoms with van der Waals surface area (Å²) in [6.45, 7) is 0. The van der Waals surface area contributed by atoms with E-state index in [9.17, 15) is 0 Å². The minimum atomic E-state index is -0.637. The molecule has 1 aromatic heterocycles. The molecule has 0 unspecified atom stereocenters. The Kier molecular flexibility index (Phi) is 5.75. The van der Waals surface area contributed by atoms with Crippen molar-refractivity contribution in [3.05, 3.63) is 199 Å². The molecule has 0 radical (unpaired) electrons. The van der Waals surface area contributed by atoms with Gasteiger partial charge in [-0.3, -0.25) is 9.47 Å². The SMILES string of the molecule is c1ccc(N(c2ccccc2)c2ccc3c(c2)N(c2ccccc2)c2nc4ccccc4n2C32c3ccccc3-c3ccccc32)cc1. The van der Waals surface area contributed by atoms with E-state index in [2.05, 4.69) is 196 Å². The second-order valence-corrected chi connectivity index (χ2v) is 12.4. The van der Waals surface area contributed by atoms with E-state index >= 15 is 0 Å². The van der Waals surface area contributed by atoms with Crippen molar-refractivity contribution in [2.45, 2.75) is 5.54 Å². The van der Waals surface area contributed by atoms with Crippen molar-refractivity contribution in [3.63, 3.8) is 0 Å². The highest BCUT2D eigenvalue weighted by atomic mass is 15.4. The number of hydrogen-bond donors (Lipinski definition) is 0. The maximum absolute atomic E-state index is 5.44. The maximum atomic E-state index is 5.44. The third-order valence-corrected chi connectivity index (χ3v) is 9.92. The van der Waals surface area contributed by atoms with Gasteiger partial charge in [-0.25, -0.2) is 4.98 Å². The summed E-state index contributed by atoms with van der Waals surface area (Å²) in [4.78, 5) is 10.1. The molecule has 1 spiro atoms. The maximum Gasteiger partial charge on any atom is 0.217 e. The van der Waals surface area contributed by atoms with Gasteiger partial charge in [0.1, 0.15) is 5.54 Å². The van der Waals surface area contributed by atoms with Gasteiger partial charge < -0.3 is 4.90 Å². The zero-order valence-corrected chi connectivity index (χ0v) is 26.1. The molecule has 10 rings (SSSR count). The zero-order chi connectivity index (χ0) is 31.7. The molecular formula is C44H30N4. The average Bonchev–Trinajstić information content (AvgIpc) is 3.68. The Bertz CT molecular complexity index is 2380. The molecule has 1 aliphatic carbocycles. The summed E-state index contributed by atoms with van der Waals surface area (Å²) in [6, 6.07) is 65.3. The van der Waals surface area contributed by atoms with Crippen LogP contribution in [0.4, 0.5) is 34.4 Å². The van der Waals surface area contributed by atoms with Crippen molar-refractivity contribution >= 4 is 45.4 Å². The Labute approximate surface area is 279 Å². The predicted octanol–water partition coefficient (Wildman–Crippen LogP) is 11.1. The molecule has 7 aromatic carbocycles. The van der Waals surface area contributed by atoms with Gasteiger partial charge in [-0.05, 0) is 82.9 Å². The number of rotatable bonds is 4. The largest absolute Gasteiger partial charge is 0.310 e. The number of imidazole rings is 1. The normalized spacial score (nSPS) is 13.5. The molecule has 2 aliphatic rings. The lowest BCUT2D eigenvalue weighted by atomic mass is 9.77. The number of anilines is 6. The number of para-hydroxylation sites is 5. The lowest BCUT2D eigenvalue weighted by Crippen LogP contribution is -2.42. The van der Waals surface area contributed by atoms with Crippen LogP contribution in [0.1, 0.15) is 16.7 Å². The highest BCUT2D eigenvalue weighted by Crippen LogP contribution is 2.61. The van der Waals surface area contributed by atoms with E-state index in [4.69, 9.17) is 4.98 Å². The monoisotopic (exact) mass is 614 g/mol. The third kappa shape index (κ3) is 3.63. The van der Waals surface area contributed by atoms with Crippen LogP contribution in [0.3, 0.4) is 0 Å². The van der Waals surface area contributed by atoms with Gasteiger partial charge in [0.2, 0.25) is 5.95 Å². The third-order valence-electron chi connectivity index (χ3n) is 9.92. The molecule has 0 bridgehead atoms. The quantitative estimate of drug-likeness (QED) is 0.197. The molecule has 48 heavy (non-hydrogen) atoms. The first-order valence-electron chi connectivity index (χ1n) is 16.4. The highest BCUT2D eigenvalue weighted by molar-refractivity contribution is 5.95. The van der Waals surface area contributed by atoms with Crippen molar-refractivity contribution < 1.29 is 0 Å². The summed E-state index contributed by atoms with van der Waals surface area (Å²) in [6.07, 6.45) is 0. The molecule has 1 aliphatic heterocycles. The van der Waals surface area contributed by atoms with Crippen LogP contribution in [0, 0.1) is 0 Å². The van der Waals surface area contributed by atoms with Crippen LogP contribution < -0.4 is 9.80 Å². The van der Waals surface area contributed by atoms with Crippen LogP contribution in [0.2, 0.25) is 0 Å². The molecule has 4 nitrogen and oxygen atoms in total. The van der Waals surface area contributed by atoms with Gasteiger partial charge in [0.15, 0.2) is 0 Å². The van der Waals surface area contributed by atoms with E-state index in [0.29, 0.717) is 0 Å². The highest BCUT2D eigenvalue weighted by Gasteiger charge is 2.53. The fourth-order valence-corrected chi connectivity index (χ4v) is 8.05. The Morgan fingerprint density at radius 2 is 1.00 bits per heavy atom. The fraction of sp³-hybridized carbons (Fsp3) is 0.0227. The van der Waals surface area contributed by atoms with Crippen molar-refractivity contribution in [1.29, 1.82) is 0 Å². The van der Waals surface area contributed by atoms with E-state index in [1.165, 1.54) is 27.8 Å². The van der Waals surface area contributed by atoms with Crippen molar-refractivity contribution in [1.82, 2.24) is 9.55 Å². The minimum absolute atomic E-state index is 0.637. The summed E-state index contributed by atoms with van der Waals surface area (Å²) in [5.74, 6) is 0.893. The summed E-state index contributed by atoms with van der Waals surface area (Å²) in [5, 5.41) is 0. The van der Waals surface area contributed by atoms with Gasteiger partial charge in [0.05, 0.1) is 16.7 Å². The van der Waals surface area contributed by atoms with Gasteiger partial charge >= 0.3 is 0 Å². The van der Waals surface area contributed by atoms with E-state index < -0.39 is 5.54 Å². The van der Waals surface area contributed by atoms with Crippen LogP contribution in [-0.4, -0.2) is 9.55 Å². The van der Waals surface area contributed by atoms with Crippen LogP contribution in [0.5, 0.6) is 0 Å². The van der Waals surface area contributed by atoms with Crippen LogP contribution in [0.25, 0.3) is 22.2 Å². The Morgan fingerprint density at radius 1 is 0.458 bits per heavy atom. The van der Waals surface area contributed by atoms with Crippen molar-refractivity contribution in [2.75, 3.05) is 9.80 Å². The zero-order valence-electron chi connectivity index (χ0n) is 26.1. The molecular weight excluding hydrogens is 585 g/mol. The summed E-state index contributed by atoms with van der Waals surface area (Å²) in [5.41, 5.74) is 13.1. The summed E-state index contributed by atoms with van der Waals surface area (Å²) < 4.78 is 2.49. The van der Waals surface area contributed by atoms with Gasteiger partial charge in [-0.1, -0.05) is 121 Å². The minimum Gasteiger partial charge on any atom is -0.310 e. The summed E-state index contributed by atoms with van der Waals surface area (Å²) in [7, 11) is 0. The molecule has 2 heterocycles. The van der Waals surface area contributed by atoms with Gasteiger partial charge in [-0.15, -0.1) is 0 Å². The fourth-order valence-electron chi connectivity index (χ4n) is 8.05. The molecule has 0 saturated carbocycles. The predicted molar refractivity (Wildman–Crippen MR) is 196 cm³/mol. The van der Waals surface area contributed by atoms with E-state index in [1.54, 1.807) is 0 Å². The Morgan fingerprint density at radius 3 is 1.65 bits per heavy atom. The van der Waals surface area contributed by atoms with Crippen LogP contribution in [-0.2, 0) is 5.54 Å². The Hall–Kier alpha value is -6.39. The number of aromatic nitrogens is 2. The molecule has 4 heteroatoms. The van der Waals surface area contributed by atoms with Gasteiger partial charge in [-0.2, -0.15) is 0 Å². The number of hydrogen-bond acceptors (Lipinski definition) is 3. The topological polar surface area (TPSA) is 24.3 Å². The molecule has 0 atom stereocenters. The Balaban J connectivity index is 1.35. The molecule has 0 amide bonds. The first kappa shape index (κ1) is 26.8. The molecule has 226 valence electrons. The second-order valence-electron chi connectivity index (χ2n) is 12.4. The second kappa shape index (κ2) is 10.3. The average molecular weight is 615 g/mol. The van der Waals surface area contributed by atoms with Crippen molar-refractivity contribution in [3.8, 4) is 11.1 Å². The first-order valence-corrected chi connectivity index (χ1v) is 16.4. The van der Waals surface area contributed by atoms with E-state index in [-0.39, 0.29) is 0 Å². The number of fused-ring (bicyclic) bond motifs is 11. The van der Waals surface area contributed by atoms with Crippen LogP contribution in [0.15, 0.2) is 182 Å². The molecule has 0 saturated heterocycles. The van der Waals surface area contributed by atoms with E-state index in [1.807, 2.05) is 0 Å². The van der Waals surface area contributed by atoms with Crippen LogP contribution >= 0.6 is 0 Å². The smallest absolute Gasteiger partial charge is 0.217 e. The lowest BCUT2D eigenvalue weighted by Gasteiger charge is -2.45. The van der Waals surface area contributed by atoms with Gasteiger partial charge in [0, 0.05) is 28.3 Å². The number of benzene rings is 7. The first-order chi connectivity index (χ1) is 23.8. The van der Waals surface area contributed by atoms with Gasteiger partial charge in [0.25, 0.3) is 0 Å². The molecule has 0 fully saturated rings. The lowest BCUT2D eigenvalue weighted by molar-refractivity contribution is 0.533. The molecule has 0 N–H and O–H groups in total. The molecule has 8 aromatic rings.